The molecule has 2 heterocycles. The molecular weight excluding hydrogens is 273 g/mol. The predicted octanol–water partition coefficient (Wildman–Crippen LogP) is 2.78. The van der Waals surface area contributed by atoms with E-state index in [1.165, 1.54) is 17.6 Å². The second-order valence-corrected chi connectivity index (χ2v) is 6.27. The van der Waals surface area contributed by atoms with Crippen LogP contribution >= 0.6 is 11.8 Å². The van der Waals surface area contributed by atoms with Gasteiger partial charge < -0.3 is 0 Å². The van der Waals surface area contributed by atoms with Gasteiger partial charge in [-0.1, -0.05) is 12.1 Å². The lowest BCUT2D eigenvalue weighted by atomic mass is 10.1. The van der Waals surface area contributed by atoms with Gasteiger partial charge in [0, 0.05) is 55.5 Å². The van der Waals surface area contributed by atoms with Crippen molar-refractivity contribution in [3.05, 3.63) is 41.8 Å². The summed E-state index contributed by atoms with van der Waals surface area (Å²) in [6.45, 7) is 3.03. The molecule has 0 spiro atoms. The molecule has 0 amide bonds. The third-order valence-electron chi connectivity index (χ3n) is 3.53. The molecule has 0 atom stereocenters. The molecule has 106 valence electrons. The van der Waals surface area contributed by atoms with Crippen LogP contribution in [-0.4, -0.2) is 39.3 Å². The largest absolute Gasteiger partial charge is 0.297 e. The molecular formula is C15H18FN3S. The fourth-order valence-corrected chi connectivity index (χ4v) is 3.51. The monoisotopic (exact) mass is 291 g/mol. The molecule has 0 N–H and O–H groups in total. The van der Waals surface area contributed by atoms with Gasteiger partial charge in [-0.05, 0) is 12.1 Å². The van der Waals surface area contributed by atoms with E-state index in [1.807, 2.05) is 31.1 Å². The van der Waals surface area contributed by atoms with E-state index in [2.05, 4.69) is 10.00 Å². The summed E-state index contributed by atoms with van der Waals surface area (Å²) >= 11 is 1.99. The van der Waals surface area contributed by atoms with Crippen LogP contribution in [0.5, 0.6) is 0 Å². The summed E-state index contributed by atoms with van der Waals surface area (Å²) in [7, 11) is 1.89. The minimum atomic E-state index is -0.207. The standard InChI is InChI=1S/C15H18FN3S/c1-18-10-12(11-19-6-8-20-9-7-19)15(17-18)13-4-2-3-5-14(13)16/h2-5,10H,6-9,11H2,1H3. The zero-order valence-electron chi connectivity index (χ0n) is 11.6. The van der Waals surface area contributed by atoms with Crippen LogP contribution in [0.4, 0.5) is 4.39 Å². The van der Waals surface area contributed by atoms with Gasteiger partial charge in [-0.25, -0.2) is 4.39 Å². The first-order chi connectivity index (χ1) is 9.74. The highest BCUT2D eigenvalue weighted by Crippen LogP contribution is 2.26. The highest BCUT2D eigenvalue weighted by atomic mass is 32.2. The average Bonchev–Trinajstić information content (AvgIpc) is 2.81. The van der Waals surface area contributed by atoms with Gasteiger partial charge in [0.15, 0.2) is 0 Å². The molecule has 0 bridgehead atoms. The van der Waals surface area contributed by atoms with E-state index in [4.69, 9.17) is 0 Å². The summed E-state index contributed by atoms with van der Waals surface area (Å²) in [5.41, 5.74) is 2.46. The fourth-order valence-electron chi connectivity index (χ4n) is 2.53. The van der Waals surface area contributed by atoms with Crippen LogP contribution in [0.1, 0.15) is 5.56 Å². The van der Waals surface area contributed by atoms with E-state index in [-0.39, 0.29) is 5.82 Å². The van der Waals surface area contributed by atoms with Crippen molar-refractivity contribution >= 4 is 11.8 Å². The first-order valence-electron chi connectivity index (χ1n) is 6.81. The topological polar surface area (TPSA) is 21.1 Å². The normalized spacial score (nSPS) is 16.5. The molecule has 1 aromatic heterocycles. The van der Waals surface area contributed by atoms with Crippen molar-refractivity contribution in [3.63, 3.8) is 0 Å². The Morgan fingerprint density at radius 2 is 2.00 bits per heavy atom. The minimum absolute atomic E-state index is 0.207. The molecule has 20 heavy (non-hydrogen) atoms. The van der Waals surface area contributed by atoms with Crippen LogP contribution in [0, 0.1) is 5.82 Å². The van der Waals surface area contributed by atoms with Gasteiger partial charge in [0.2, 0.25) is 0 Å². The number of hydrogen-bond donors (Lipinski definition) is 0. The smallest absolute Gasteiger partial charge is 0.132 e. The summed E-state index contributed by atoms with van der Waals surface area (Å²) < 4.78 is 15.8. The van der Waals surface area contributed by atoms with E-state index < -0.39 is 0 Å². The molecule has 0 saturated carbocycles. The van der Waals surface area contributed by atoms with Gasteiger partial charge in [-0.3, -0.25) is 9.58 Å². The Labute approximate surface area is 122 Å². The van der Waals surface area contributed by atoms with Gasteiger partial charge in [0.05, 0.1) is 5.69 Å². The van der Waals surface area contributed by atoms with Crippen LogP contribution in [0.25, 0.3) is 11.3 Å². The molecule has 5 heteroatoms. The number of aryl methyl sites for hydroxylation is 1. The van der Waals surface area contributed by atoms with Crippen molar-refractivity contribution in [1.82, 2.24) is 14.7 Å². The Hall–Kier alpha value is -1.33. The Bertz CT molecular complexity index is 591. The van der Waals surface area contributed by atoms with Crippen LogP contribution in [0.2, 0.25) is 0 Å². The number of hydrogen-bond acceptors (Lipinski definition) is 3. The summed E-state index contributed by atoms with van der Waals surface area (Å²) in [6.07, 6.45) is 2.00. The quantitative estimate of drug-likeness (QED) is 0.867. The van der Waals surface area contributed by atoms with Gasteiger partial charge in [0.1, 0.15) is 5.82 Å². The first kappa shape index (κ1) is 13.6. The molecule has 2 aromatic rings. The zero-order chi connectivity index (χ0) is 13.9. The lowest BCUT2D eigenvalue weighted by Crippen LogP contribution is -2.32. The lowest BCUT2D eigenvalue weighted by Gasteiger charge is -2.25. The number of benzene rings is 1. The lowest BCUT2D eigenvalue weighted by molar-refractivity contribution is 0.295. The zero-order valence-corrected chi connectivity index (χ0v) is 12.4. The molecule has 3 rings (SSSR count). The van der Waals surface area contributed by atoms with E-state index >= 15 is 0 Å². The Balaban J connectivity index is 1.90. The van der Waals surface area contributed by atoms with Crippen molar-refractivity contribution in [2.75, 3.05) is 24.6 Å². The van der Waals surface area contributed by atoms with E-state index in [9.17, 15) is 4.39 Å². The Morgan fingerprint density at radius 1 is 1.25 bits per heavy atom. The predicted molar refractivity (Wildman–Crippen MR) is 81.2 cm³/mol. The number of rotatable bonds is 3. The van der Waals surface area contributed by atoms with Crippen LogP contribution in [0.3, 0.4) is 0 Å². The summed E-state index contributed by atoms with van der Waals surface area (Å²) in [5.74, 6) is 2.14. The SMILES string of the molecule is Cn1cc(CN2CCSCC2)c(-c2ccccc2F)n1. The molecule has 1 aliphatic heterocycles. The molecule has 1 aliphatic rings. The van der Waals surface area contributed by atoms with Gasteiger partial charge in [0.25, 0.3) is 0 Å². The Morgan fingerprint density at radius 3 is 2.75 bits per heavy atom. The van der Waals surface area contributed by atoms with Crippen molar-refractivity contribution < 1.29 is 4.39 Å². The second kappa shape index (κ2) is 5.97. The van der Waals surface area contributed by atoms with Crippen LogP contribution in [0.15, 0.2) is 30.5 Å². The molecule has 1 fully saturated rings. The molecule has 0 aliphatic carbocycles. The van der Waals surface area contributed by atoms with Crippen molar-refractivity contribution in [2.45, 2.75) is 6.54 Å². The molecule has 3 nitrogen and oxygen atoms in total. The van der Waals surface area contributed by atoms with Crippen LogP contribution < -0.4 is 0 Å². The van der Waals surface area contributed by atoms with Gasteiger partial charge in [-0.2, -0.15) is 16.9 Å². The summed E-state index contributed by atoms with van der Waals surface area (Å²) in [4.78, 5) is 2.41. The number of nitrogens with zero attached hydrogens (tertiary/aromatic N) is 3. The minimum Gasteiger partial charge on any atom is -0.297 e. The fraction of sp³-hybridized carbons (Fsp3) is 0.400. The molecule has 0 unspecified atom stereocenters. The van der Waals surface area contributed by atoms with E-state index in [0.29, 0.717) is 5.56 Å². The summed E-state index contributed by atoms with van der Waals surface area (Å²) in [6, 6.07) is 6.86. The number of halogens is 1. The third kappa shape index (κ3) is 2.88. The first-order valence-corrected chi connectivity index (χ1v) is 7.97. The molecule has 1 aromatic carbocycles. The average molecular weight is 291 g/mol. The van der Waals surface area contributed by atoms with Gasteiger partial charge >= 0.3 is 0 Å². The van der Waals surface area contributed by atoms with E-state index in [1.54, 1.807) is 16.8 Å². The number of aromatic nitrogens is 2. The maximum absolute atomic E-state index is 14.0. The van der Waals surface area contributed by atoms with Crippen LogP contribution in [-0.2, 0) is 13.6 Å². The van der Waals surface area contributed by atoms with E-state index in [0.717, 1.165) is 30.9 Å². The molecule has 1 saturated heterocycles. The van der Waals surface area contributed by atoms with Crippen molar-refractivity contribution in [1.29, 1.82) is 0 Å². The highest BCUT2D eigenvalue weighted by Gasteiger charge is 2.17. The maximum Gasteiger partial charge on any atom is 0.132 e. The Kier molecular flexibility index (Phi) is 4.08. The third-order valence-corrected chi connectivity index (χ3v) is 4.47. The second-order valence-electron chi connectivity index (χ2n) is 5.04. The van der Waals surface area contributed by atoms with Gasteiger partial charge in [-0.15, -0.1) is 0 Å². The summed E-state index contributed by atoms with van der Waals surface area (Å²) in [5, 5.41) is 4.45. The molecule has 0 radical (unpaired) electrons. The highest BCUT2D eigenvalue weighted by molar-refractivity contribution is 7.99. The van der Waals surface area contributed by atoms with Crippen molar-refractivity contribution in [3.8, 4) is 11.3 Å². The maximum atomic E-state index is 14.0. The number of thioether (sulfide) groups is 1. The van der Waals surface area contributed by atoms with Crippen molar-refractivity contribution in [2.24, 2.45) is 7.05 Å².